The fourth-order valence-electron chi connectivity index (χ4n) is 1.98. The molecule has 0 saturated heterocycles. The van der Waals surface area contributed by atoms with Crippen LogP contribution in [-0.4, -0.2) is 18.1 Å². The molecule has 5 nitrogen and oxygen atoms in total. The normalized spacial score (nSPS) is 10.1. The van der Waals surface area contributed by atoms with E-state index in [0.29, 0.717) is 13.2 Å². The van der Waals surface area contributed by atoms with Crippen molar-refractivity contribution in [2.45, 2.75) is 13.3 Å². The Hall–Kier alpha value is -2.56. The van der Waals surface area contributed by atoms with Gasteiger partial charge in [0.1, 0.15) is 5.75 Å². The Bertz CT molecular complexity index is 600. The van der Waals surface area contributed by atoms with Gasteiger partial charge >= 0.3 is 0 Å². The Morgan fingerprint density at radius 2 is 1.95 bits per heavy atom. The number of benzene rings is 2. The van der Waals surface area contributed by atoms with Gasteiger partial charge in [-0.2, -0.15) is 0 Å². The van der Waals surface area contributed by atoms with Crippen LogP contribution in [0, 0.1) is 17.0 Å². The van der Waals surface area contributed by atoms with E-state index >= 15 is 0 Å². The molecule has 1 N–H and O–H groups in total. The zero-order chi connectivity index (χ0) is 15.1. The predicted molar refractivity (Wildman–Crippen MR) is 82.9 cm³/mol. The number of para-hydroxylation sites is 1. The summed E-state index contributed by atoms with van der Waals surface area (Å²) in [5.74, 6) is 0.851. The third-order valence-corrected chi connectivity index (χ3v) is 2.94. The minimum Gasteiger partial charge on any atom is -0.494 e. The van der Waals surface area contributed by atoms with Crippen molar-refractivity contribution in [3.8, 4) is 5.75 Å². The van der Waals surface area contributed by atoms with Gasteiger partial charge in [0.2, 0.25) is 0 Å². The van der Waals surface area contributed by atoms with Crippen LogP contribution in [0.1, 0.15) is 12.0 Å². The summed E-state index contributed by atoms with van der Waals surface area (Å²) in [5, 5.41) is 14.0. The molecule has 0 saturated carbocycles. The first-order valence-corrected chi connectivity index (χ1v) is 6.83. The number of non-ortho nitro benzene ring substituents is 1. The molecule has 0 atom stereocenters. The van der Waals surface area contributed by atoms with E-state index in [4.69, 9.17) is 4.74 Å². The van der Waals surface area contributed by atoms with Gasteiger partial charge < -0.3 is 10.1 Å². The van der Waals surface area contributed by atoms with Crippen LogP contribution >= 0.6 is 0 Å². The number of nitro benzene ring substituents is 1. The average Bonchev–Trinajstić information content (AvgIpc) is 2.47. The molecule has 0 spiro atoms. The van der Waals surface area contributed by atoms with E-state index in [1.54, 1.807) is 12.1 Å². The lowest BCUT2D eigenvalue weighted by atomic mass is 10.2. The van der Waals surface area contributed by atoms with E-state index < -0.39 is 0 Å². The standard InChI is InChI=1S/C16H18N2O3/c1-13-10-14(12-15(11-13)18(19)20)17-8-5-9-21-16-6-3-2-4-7-16/h2-4,6-7,10-12,17H,5,8-9H2,1H3. The second-order valence-electron chi connectivity index (χ2n) is 4.76. The van der Waals surface area contributed by atoms with Crippen LogP contribution in [0.4, 0.5) is 11.4 Å². The van der Waals surface area contributed by atoms with E-state index in [-0.39, 0.29) is 10.6 Å². The van der Waals surface area contributed by atoms with Gasteiger partial charge in [0.25, 0.3) is 5.69 Å². The summed E-state index contributed by atoms with van der Waals surface area (Å²) in [6.07, 6.45) is 0.816. The van der Waals surface area contributed by atoms with E-state index in [1.807, 2.05) is 43.3 Å². The van der Waals surface area contributed by atoms with Crippen LogP contribution in [0.3, 0.4) is 0 Å². The van der Waals surface area contributed by atoms with Gasteiger partial charge in [-0.15, -0.1) is 0 Å². The van der Waals surface area contributed by atoms with E-state index in [2.05, 4.69) is 5.32 Å². The highest BCUT2D eigenvalue weighted by Gasteiger charge is 2.07. The van der Waals surface area contributed by atoms with Crippen molar-refractivity contribution in [2.75, 3.05) is 18.5 Å². The zero-order valence-electron chi connectivity index (χ0n) is 11.9. The first-order valence-electron chi connectivity index (χ1n) is 6.83. The molecule has 0 bridgehead atoms. The Kier molecular flexibility index (Phi) is 5.15. The van der Waals surface area contributed by atoms with Gasteiger partial charge in [-0.25, -0.2) is 0 Å². The summed E-state index contributed by atoms with van der Waals surface area (Å²) >= 11 is 0. The average molecular weight is 286 g/mol. The minimum absolute atomic E-state index is 0.109. The quantitative estimate of drug-likeness (QED) is 0.478. The molecule has 2 aromatic rings. The molecule has 0 aliphatic carbocycles. The molecule has 0 heterocycles. The van der Waals surface area contributed by atoms with E-state index in [0.717, 1.165) is 23.4 Å². The molecule has 2 aromatic carbocycles. The highest BCUT2D eigenvalue weighted by atomic mass is 16.6. The molecule has 0 radical (unpaired) electrons. The highest BCUT2D eigenvalue weighted by Crippen LogP contribution is 2.20. The number of nitrogens with one attached hydrogen (secondary N) is 1. The van der Waals surface area contributed by atoms with Crippen LogP contribution < -0.4 is 10.1 Å². The van der Waals surface area contributed by atoms with Crippen LogP contribution in [0.25, 0.3) is 0 Å². The van der Waals surface area contributed by atoms with Crippen LogP contribution in [0.5, 0.6) is 5.75 Å². The summed E-state index contributed by atoms with van der Waals surface area (Å²) in [5.41, 5.74) is 1.74. The molecule has 0 amide bonds. The van der Waals surface area contributed by atoms with Crippen molar-refractivity contribution in [2.24, 2.45) is 0 Å². The Morgan fingerprint density at radius 1 is 1.19 bits per heavy atom. The third-order valence-electron chi connectivity index (χ3n) is 2.94. The van der Waals surface area contributed by atoms with Crippen LogP contribution in [0.15, 0.2) is 48.5 Å². The maximum atomic E-state index is 10.8. The highest BCUT2D eigenvalue weighted by molar-refractivity contribution is 5.53. The second-order valence-corrected chi connectivity index (χ2v) is 4.76. The topological polar surface area (TPSA) is 64.4 Å². The molecular formula is C16H18N2O3. The van der Waals surface area contributed by atoms with Crippen molar-refractivity contribution in [1.82, 2.24) is 0 Å². The molecule has 0 unspecified atom stereocenters. The SMILES string of the molecule is Cc1cc(NCCCOc2ccccc2)cc([N+](=O)[O-])c1. The van der Waals surface area contributed by atoms with Crippen molar-refractivity contribution in [1.29, 1.82) is 0 Å². The Labute approximate surface area is 123 Å². The molecule has 0 aliphatic rings. The largest absolute Gasteiger partial charge is 0.494 e. The number of nitrogens with zero attached hydrogens (tertiary/aromatic N) is 1. The molecule has 110 valence electrons. The maximum absolute atomic E-state index is 10.8. The van der Waals surface area contributed by atoms with Crippen LogP contribution in [-0.2, 0) is 0 Å². The number of hydrogen-bond donors (Lipinski definition) is 1. The zero-order valence-corrected chi connectivity index (χ0v) is 11.9. The number of nitro groups is 1. The summed E-state index contributed by atoms with van der Waals surface area (Å²) in [4.78, 5) is 10.4. The first-order chi connectivity index (χ1) is 10.1. The number of ether oxygens (including phenoxy) is 1. The van der Waals surface area contributed by atoms with Crippen molar-refractivity contribution >= 4 is 11.4 Å². The minimum atomic E-state index is -0.378. The van der Waals surface area contributed by atoms with Gasteiger partial charge in [0, 0.05) is 24.4 Å². The molecule has 0 fully saturated rings. The molecule has 0 aromatic heterocycles. The first kappa shape index (κ1) is 14.8. The second kappa shape index (κ2) is 7.28. The smallest absolute Gasteiger partial charge is 0.271 e. The predicted octanol–water partition coefficient (Wildman–Crippen LogP) is 3.78. The van der Waals surface area contributed by atoms with Crippen molar-refractivity contribution in [3.63, 3.8) is 0 Å². The van der Waals surface area contributed by atoms with Gasteiger partial charge in [-0.3, -0.25) is 10.1 Å². The number of hydrogen-bond acceptors (Lipinski definition) is 4. The molecule has 21 heavy (non-hydrogen) atoms. The van der Waals surface area contributed by atoms with Gasteiger partial charge in [0.05, 0.1) is 11.5 Å². The lowest BCUT2D eigenvalue weighted by Crippen LogP contribution is -2.07. The lowest BCUT2D eigenvalue weighted by Gasteiger charge is -2.08. The van der Waals surface area contributed by atoms with Gasteiger partial charge in [-0.1, -0.05) is 18.2 Å². The van der Waals surface area contributed by atoms with Crippen LogP contribution in [0.2, 0.25) is 0 Å². The summed E-state index contributed by atoms with van der Waals surface area (Å²) < 4.78 is 5.58. The van der Waals surface area contributed by atoms with Crippen molar-refractivity contribution in [3.05, 3.63) is 64.2 Å². The van der Waals surface area contributed by atoms with E-state index in [1.165, 1.54) is 0 Å². The number of aryl methyl sites for hydroxylation is 1. The monoisotopic (exact) mass is 286 g/mol. The third kappa shape index (κ3) is 4.80. The fraction of sp³-hybridized carbons (Fsp3) is 0.250. The Morgan fingerprint density at radius 3 is 2.67 bits per heavy atom. The van der Waals surface area contributed by atoms with Gasteiger partial charge in [-0.05, 0) is 37.1 Å². The van der Waals surface area contributed by atoms with Crippen molar-refractivity contribution < 1.29 is 9.66 Å². The molecule has 5 heteroatoms. The summed E-state index contributed by atoms with van der Waals surface area (Å²) in [6, 6.07) is 14.6. The fourth-order valence-corrected chi connectivity index (χ4v) is 1.98. The molecule has 2 rings (SSSR count). The Balaban J connectivity index is 1.77. The molecule has 0 aliphatic heterocycles. The van der Waals surface area contributed by atoms with E-state index in [9.17, 15) is 10.1 Å². The number of anilines is 1. The number of rotatable bonds is 7. The lowest BCUT2D eigenvalue weighted by molar-refractivity contribution is -0.384. The molecular weight excluding hydrogens is 268 g/mol. The summed E-state index contributed by atoms with van der Waals surface area (Å²) in [7, 11) is 0. The van der Waals surface area contributed by atoms with Gasteiger partial charge in [0.15, 0.2) is 0 Å². The maximum Gasteiger partial charge on any atom is 0.271 e. The summed E-state index contributed by atoms with van der Waals surface area (Å²) in [6.45, 7) is 3.15.